The van der Waals surface area contributed by atoms with E-state index in [-0.39, 0.29) is 16.6 Å². The number of carbonyl (C=O) groups excluding carboxylic acids is 1. The molecule has 0 unspecified atom stereocenters. The summed E-state index contributed by atoms with van der Waals surface area (Å²) in [7, 11) is 0. The molecular formula is C19H18BrFN2O7. The number of benzene rings is 1. The highest BCUT2D eigenvalue weighted by Crippen LogP contribution is 2.42. The zero-order valence-corrected chi connectivity index (χ0v) is 17.6. The highest BCUT2D eigenvalue weighted by molar-refractivity contribution is 9.10. The normalized spacial score (nSPS) is 27.1. The zero-order chi connectivity index (χ0) is 21.6. The fourth-order valence-electron chi connectivity index (χ4n) is 3.49. The third kappa shape index (κ3) is 3.97. The Bertz CT molecular complexity index is 1080. The van der Waals surface area contributed by atoms with Crippen LogP contribution in [-0.2, 0) is 18.9 Å². The first-order valence-corrected chi connectivity index (χ1v) is 9.89. The number of hydrogen-bond acceptors (Lipinski definition) is 7. The van der Waals surface area contributed by atoms with Gasteiger partial charge in [0.05, 0.1) is 10.0 Å². The number of esters is 1. The highest BCUT2D eigenvalue weighted by Gasteiger charge is 2.56. The number of halogens is 2. The summed E-state index contributed by atoms with van der Waals surface area (Å²) >= 11 is 3.09. The first-order valence-electron chi connectivity index (χ1n) is 9.09. The number of carbonyl (C=O) groups is 1. The summed E-state index contributed by atoms with van der Waals surface area (Å²) in [4.78, 5) is 38.4. The maximum Gasteiger partial charge on any atom is 0.338 e. The number of H-pyrrole nitrogens is 1. The van der Waals surface area contributed by atoms with Crippen molar-refractivity contribution in [2.75, 3.05) is 6.61 Å². The van der Waals surface area contributed by atoms with Crippen molar-refractivity contribution >= 4 is 21.9 Å². The Kier molecular flexibility index (Phi) is 5.39. The summed E-state index contributed by atoms with van der Waals surface area (Å²) in [6, 6.07) is 4.94. The van der Waals surface area contributed by atoms with E-state index in [2.05, 4.69) is 20.9 Å². The van der Waals surface area contributed by atoms with E-state index < -0.39 is 53.4 Å². The molecule has 11 heteroatoms. The van der Waals surface area contributed by atoms with Gasteiger partial charge in [-0.15, -0.1) is 0 Å². The van der Waals surface area contributed by atoms with Crippen LogP contribution < -0.4 is 11.2 Å². The number of fused-ring (bicyclic) bond motifs is 1. The van der Waals surface area contributed by atoms with Crippen LogP contribution in [-0.4, -0.2) is 46.2 Å². The van der Waals surface area contributed by atoms with Crippen molar-refractivity contribution in [1.82, 2.24) is 9.55 Å². The second-order valence-electron chi connectivity index (χ2n) is 7.38. The summed E-state index contributed by atoms with van der Waals surface area (Å²) in [6.07, 6.45) is -1.63. The quantitative estimate of drug-likeness (QED) is 0.657. The molecule has 0 amide bonds. The monoisotopic (exact) mass is 484 g/mol. The Morgan fingerprint density at radius 3 is 2.60 bits per heavy atom. The molecule has 3 heterocycles. The predicted octanol–water partition coefficient (Wildman–Crippen LogP) is 1.71. The molecule has 2 saturated heterocycles. The molecule has 4 rings (SSSR count). The van der Waals surface area contributed by atoms with Crippen molar-refractivity contribution in [3.8, 4) is 0 Å². The summed E-state index contributed by atoms with van der Waals surface area (Å²) in [5.41, 5.74) is -1.06. The van der Waals surface area contributed by atoms with Gasteiger partial charge in [0, 0.05) is 6.20 Å². The molecule has 4 atom stereocenters. The zero-order valence-electron chi connectivity index (χ0n) is 16.0. The van der Waals surface area contributed by atoms with Crippen molar-refractivity contribution in [2.24, 2.45) is 0 Å². The Balaban J connectivity index is 1.55. The maximum absolute atomic E-state index is 13.0. The van der Waals surface area contributed by atoms with E-state index in [4.69, 9.17) is 18.9 Å². The largest absolute Gasteiger partial charge is 0.459 e. The molecule has 9 nitrogen and oxygen atoms in total. The molecular weight excluding hydrogens is 467 g/mol. The Morgan fingerprint density at radius 1 is 1.23 bits per heavy atom. The molecule has 0 spiro atoms. The molecule has 2 aliphatic heterocycles. The van der Waals surface area contributed by atoms with Crippen LogP contribution in [0.3, 0.4) is 0 Å². The van der Waals surface area contributed by atoms with E-state index in [1.54, 1.807) is 13.8 Å². The molecule has 1 aromatic carbocycles. The number of nitrogens with zero attached hydrogens (tertiary/aromatic N) is 1. The van der Waals surface area contributed by atoms with E-state index in [0.29, 0.717) is 0 Å². The van der Waals surface area contributed by atoms with E-state index in [0.717, 1.165) is 12.1 Å². The van der Waals surface area contributed by atoms with Gasteiger partial charge in [-0.2, -0.15) is 0 Å². The Morgan fingerprint density at radius 2 is 1.90 bits per heavy atom. The van der Waals surface area contributed by atoms with Gasteiger partial charge in [-0.25, -0.2) is 14.0 Å². The van der Waals surface area contributed by atoms with Crippen LogP contribution in [0.25, 0.3) is 0 Å². The average molecular weight is 485 g/mol. The fraction of sp³-hybridized carbons (Fsp3) is 0.421. The predicted molar refractivity (Wildman–Crippen MR) is 103 cm³/mol. The van der Waals surface area contributed by atoms with Gasteiger partial charge in [0.1, 0.15) is 30.7 Å². The van der Waals surface area contributed by atoms with Crippen molar-refractivity contribution in [3.63, 3.8) is 0 Å². The number of rotatable bonds is 4. The molecule has 30 heavy (non-hydrogen) atoms. The number of hydrogen-bond donors (Lipinski definition) is 1. The van der Waals surface area contributed by atoms with Gasteiger partial charge in [0.25, 0.3) is 5.56 Å². The minimum atomic E-state index is -0.945. The molecule has 0 radical (unpaired) electrons. The van der Waals surface area contributed by atoms with Crippen LogP contribution in [0.4, 0.5) is 4.39 Å². The third-order valence-electron chi connectivity index (χ3n) is 4.78. The van der Waals surface area contributed by atoms with Crippen LogP contribution in [0, 0.1) is 5.82 Å². The standard InChI is InChI=1S/C19H18BrFN2O7/c1-19(2)29-13-12(8-27-17(25)9-3-5-10(21)6-4-9)28-16(14(13)30-19)23-7-11(20)15(24)22-18(23)26/h3-7,12-14,16H,8H2,1-2H3,(H,22,24,26)/t12-,13-,14-,16-/m1/s1. The van der Waals surface area contributed by atoms with Crippen LogP contribution in [0.5, 0.6) is 0 Å². The van der Waals surface area contributed by atoms with Crippen molar-refractivity contribution in [1.29, 1.82) is 0 Å². The Labute approximate surface area is 177 Å². The number of ether oxygens (including phenoxy) is 4. The molecule has 0 aliphatic carbocycles. The van der Waals surface area contributed by atoms with Crippen molar-refractivity contribution in [2.45, 2.75) is 44.2 Å². The van der Waals surface area contributed by atoms with Crippen LogP contribution >= 0.6 is 15.9 Å². The maximum atomic E-state index is 13.0. The number of aromatic amines is 1. The topological polar surface area (TPSA) is 109 Å². The van der Waals surface area contributed by atoms with E-state index in [1.165, 1.54) is 22.9 Å². The molecule has 0 bridgehead atoms. The molecule has 2 fully saturated rings. The SMILES string of the molecule is CC1(C)O[C@@H]2[C@H](O1)[C@@H](COC(=O)c1ccc(F)cc1)O[C@H]2n1cc(Br)c(=O)[nH]c1=O. The lowest BCUT2D eigenvalue weighted by Gasteiger charge is -2.24. The van der Waals surface area contributed by atoms with Gasteiger partial charge in [-0.1, -0.05) is 0 Å². The van der Waals surface area contributed by atoms with Crippen LogP contribution in [0.2, 0.25) is 0 Å². The lowest BCUT2D eigenvalue weighted by atomic mass is 10.1. The number of nitrogens with one attached hydrogen (secondary N) is 1. The van der Waals surface area contributed by atoms with Gasteiger partial charge < -0.3 is 18.9 Å². The van der Waals surface area contributed by atoms with Gasteiger partial charge in [0.15, 0.2) is 12.0 Å². The second kappa shape index (κ2) is 7.73. The van der Waals surface area contributed by atoms with Crippen LogP contribution in [0.15, 0.2) is 44.5 Å². The van der Waals surface area contributed by atoms with Gasteiger partial charge in [0.2, 0.25) is 0 Å². The van der Waals surface area contributed by atoms with Crippen molar-refractivity contribution in [3.05, 3.63) is 67.2 Å². The summed E-state index contributed by atoms with van der Waals surface area (Å²) < 4.78 is 37.4. The molecule has 0 saturated carbocycles. The van der Waals surface area contributed by atoms with Crippen LogP contribution in [0.1, 0.15) is 30.4 Å². The molecule has 1 aromatic heterocycles. The summed E-state index contributed by atoms with van der Waals surface area (Å²) in [5, 5.41) is 0. The van der Waals surface area contributed by atoms with E-state index >= 15 is 0 Å². The molecule has 2 aromatic rings. The average Bonchev–Trinajstić information content (AvgIpc) is 3.16. The van der Waals surface area contributed by atoms with Crippen molar-refractivity contribution < 1.29 is 28.1 Å². The first-order chi connectivity index (χ1) is 14.1. The molecule has 2 aliphatic rings. The van der Waals surface area contributed by atoms with E-state index in [1.807, 2.05) is 0 Å². The minimum absolute atomic E-state index is 0.145. The van der Waals surface area contributed by atoms with E-state index in [9.17, 15) is 18.8 Å². The summed E-state index contributed by atoms with van der Waals surface area (Å²) in [6.45, 7) is 3.26. The van der Waals surface area contributed by atoms with Gasteiger partial charge in [-0.05, 0) is 54.0 Å². The number of aromatic nitrogens is 2. The summed E-state index contributed by atoms with van der Waals surface area (Å²) in [5.74, 6) is -2.06. The molecule has 160 valence electrons. The lowest BCUT2D eigenvalue weighted by Crippen LogP contribution is -2.37. The fourth-order valence-corrected chi connectivity index (χ4v) is 3.81. The highest BCUT2D eigenvalue weighted by atomic mass is 79.9. The minimum Gasteiger partial charge on any atom is -0.459 e. The lowest BCUT2D eigenvalue weighted by molar-refractivity contribution is -0.200. The first kappa shape index (κ1) is 20.9. The molecule has 1 N–H and O–H groups in total. The van der Waals surface area contributed by atoms with Gasteiger partial charge >= 0.3 is 11.7 Å². The Hall–Kier alpha value is -2.34. The third-order valence-corrected chi connectivity index (χ3v) is 5.35. The van der Waals surface area contributed by atoms with Gasteiger partial charge in [-0.3, -0.25) is 14.3 Å². The second-order valence-corrected chi connectivity index (χ2v) is 8.23. The smallest absolute Gasteiger partial charge is 0.338 e.